The minimum absolute atomic E-state index is 0.396. The number of aliphatic hydroxyl groups is 1. The second kappa shape index (κ2) is 5.96. The van der Waals surface area contributed by atoms with Gasteiger partial charge in [0.15, 0.2) is 0 Å². The van der Waals surface area contributed by atoms with Crippen LogP contribution in [-0.4, -0.2) is 23.3 Å². The molecular formula is C7H15ClNO. The summed E-state index contributed by atoms with van der Waals surface area (Å²) in [5, 5.41) is 12.9. The summed E-state index contributed by atoms with van der Waals surface area (Å²) in [7, 11) is 0. The highest BCUT2D eigenvalue weighted by molar-refractivity contribution is 6.19. The maximum absolute atomic E-state index is 8.64. The van der Waals surface area contributed by atoms with E-state index >= 15 is 0 Å². The summed E-state index contributed by atoms with van der Waals surface area (Å²) in [6.07, 6.45) is 1.51. The summed E-state index contributed by atoms with van der Waals surface area (Å²) in [6, 6.07) is 0.396. The first-order chi connectivity index (χ1) is 4.63. The SMILES string of the molecule is CC(C)[N]CCCC(O)Cl. The molecule has 0 rings (SSSR count). The van der Waals surface area contributed by atoms with E-state index in [1.54, 1.807) is 0 Å². The molecule has 0 saturated heterocycles. The summed E-state index contributed by atoms with van der Waals surface area (Å²) in [5.74, 6) is 0. The average molecular weight is 165 g/mol. The molecule has 2 nitrogen and oxygen atoms in total. The van der Waals surface area contributed by atoms with Crippen molar-refractivity contribution in [2.24, 2.45) is 0 Å². The van der Waals surface area contributed by atoms with E-state index in [1.165, 1.54) is 0 Å². The molecule has 3 heteroatoms. The van der Waals surface area contributed by atoms with E-state index in [0.29, 0.717) is 12.5 Å². The predicted octanol–water partition coefficient (Wildman–Crippen LogP) is 1.34. The van der Waals surface area contributed by atoms with Gasteiger partial charge in [-0.2, -0.15) is 0 Å². The van der Waals surface area contributed by atoms with Gasteiger partial charge in [-0.3, -0.25) is 0 Å². The molecule has 1 atom stereocenters. The van der Waals surface area contributed by atoms with E-state index in [-0.39, 0.29) is 0 Å². The Morgan fingerprint density at radius 1 is 1.50 bits per heavy atom. The van der Waals surface area contributed by atoms with Crippen molar-refractivity contribution >= 4 is 11.6 Å². The number of alkyl halides is 1. The Hall–Kier alpha value is 0.210. The van der Waals surface area contributed by atoms with Gasteiger partial charge >= 0.3 is 0 Å². The van der Waals surface area contributed by atoms with Crippen LogP contribution in [0.5, 0.6) is 0 Å². The van der Waals surface area contributed by atoms with Crippen molar-refractivity contribution in [2.45, 2.75) is 38.3 Å². The highest BCUT2D eigenvalue weighted by Gasteiger charge is 1.98. The minimum atomic E-state index is -0.692. The van der Waals surface area contributed by atoms with Crippen LogP contribution in [0.15, 0.2) is 0 Å². The highest BCUT2D eigenvalue weighted by Crippen LogP contribution is 1.99. The van der Waals surface area contributed by atoms with Crippen molar-refractivity contribution in [3.8, 4) is 0 Å². The van der Waals surface area contributed by atoms with Crippen LogP contribution in [0.25, 0.3) is 0 Å². The van der Waals surface area contributed by atoms with Gasteiger partial charge in [0.25, 0.3) is 0 Å². The second-order valence-corrected chi connectivity index (χ2v) is 3.08. The number of hydrogen-bond acceptors (Lipinski definition) is 1. The topological polar surface area (TPSA) is 34.3 Å². The van der Waals surface area contributed by atoms with Crippen LogP contribution in [0.1, 0.15) is 26.7 Å². The molecule has 61 valence electrons. The first-order valence-electron chi connectivity index (χ1n) is 3.61. The fourth-order valence-electron chi connectivity index (χ4n) is 0.609. The maximum atomic E-state index is 8.64. The Balaban J connectivity index is 2.91. The van der Waals surface area contributed by atoms with E-state index in [0.717, 1.165) is 13.0 Å². The lowest BCUT2D eigenvalue weighted by Crippen LogP contribution is -2.16. The number of halogens is 1. The van der Waals surface area contributed by atoms with Crippen molar-refractivity contribution in [2.75, 3.05) is 6.54 Å². The van der Waals surface area contributed by atoms with Gasteiger partial charge in [-0.25, -0.2) is 5.32 Å². The van der Waals surface area contributed by atoms with Crippen molar-refractivity contribution in [3.63, 3.8) is 0 Å². The second-order valence-electron chi connectivity index (χ2n) is 2.58. The molecule has 0 bridgehead atoms. The number of nitrogens with zero attached hydrogens (tertiary/aromatic N) is 1. The molecule has 0 aliphatic rings. The molecule has 0 fully saturated rings. The molecular weight excluding hydrogens is 150 g/mol. The number of rotatable bonds is 5. The van der Waals surface area contributed by atoms with Crippen LogP contribution in [0.4, 0.5) is 0 Å². The van der Waals surface area contributed by atoms with Gasteiger partial charge in [0, 0.05) is 12.6 Å². The van der Waals surface area contributed by atoms with Crippen LogP contribution >= 0.6 is 11.6 Å². The zero-order valence-corrected chi connectivity index (χ0v) is 7.30. The Kier molecular flexibility index (Phi) is 6.08. The van der Waals surface area contributed by atoms with Crippen LogP contribution < -0.4 is 5.32 Å². The molecule has 1 unspecified atom stereocenters. The maximum Gasteiger partial charge on any atom is 0.128 e. The van der Waals surface area contributed by atoms with E-state index < -0.39 is 5.56 Å². The van der Waals surface area contributed by atoms with E-state index in [9.17, 15) is 0 Å². The van der Waals surface area contributed by atoms with Gasteiger partial charge in [-0.15, -0.1) is 0 Å². The fourth-order valence-corrected chi connectivity index (χ4v) is 0.764. The molecule has 1 radical (unpaired) electrons. The van der Waals surface area contributed by atoms with Gasteiger partial charge in [0.05, 0.1) is 0 Å². The smallest absolute Gasteiger partial charge is 0.128 e. The quantitative estimate of drug-likeness (QED) is 0.483. The standard InChI is InChI=1S/C7H15ClNO/c1-6(2)9-5-3-4-7(8)10/h6-7,10H,3-5H2,1-2H3. The van der Waals surface area contributed by atoms with Gasteiger partial charge < -0.3 is 5.11 Å². The third-order valence-electron chi connectivity index (χ3n) is 1.09. The zero-order valence-electron chi connectivity index (χ0n) is 6.55. The molecule has 0 aromatic carbocycles. The normalized spacial score (nSPS) is 14.1. The molecule has 1 N–H and O–H groups in total. The van der Waals surface area contributed by atoms with Crippen molar-refractivity contribution < 1.29 is 5.11 Å². The Morgan fingerprint density at radius 2 is 2.10 bits per heavy atom. The monoisotopic (exact) mass is 164 g/mol. The van der Waals surface area contributed by atoms with Crippen molar-refractivity contribution in [1.29, 1.82) is 0 Å². The lowest BCUT2D eigenvalue weighted by molar-refractivity contribution is 0.241. The van der Waals surface area contributed by atoms with Crippen molar-refractivity contribution in [1.82, 2.24) is 5.32 Å². The van der Waals surface area contributed by atoms with Crippen LogP contribution in [0.2, 0.25) is 0 Å². The average Bonchev–Trinajstić information content (AvgIpc) is 1.79. The first kappa shape index (κ1) is 10.2. The number of hydrogen-bond donors (Lipinski definition) is 1. The molecule has 0 aromatic rings. The molecule has 10 heavy (non-hydrogen) atoms. The first-order valence-corrected chi connectivity index (χ1v) is 4.05. The fraction of sp³-hybridized carbons (Fsp3) is 1.00. The van der Waals surface area contributed by atoms with Crippen LogP contribution in [0, 0.1) is 0 Å². The Labute approximate surface area is 67.6 Å². The zero-order chi connectivity index (χ0) is 7.98. The third-order valence-corrected chi connectivity index (χ3v) is 1.31. The Morgan fingerprint density at radius 3 is 2.50 bits per heavy atom. The summed E-state index contributed by atoms with van der Waals surface area (Å²) in [6.45, 7) is 4.88. The largest absolute Gasteiger partial charge is 0.378 e. The summed E-state index contributed by atoms with van der Waals surface area (Å²) >= 11 is 5.31. The lowest BCUT2D eigenvalue weighted by Gasteiger charge is -2.05. The minimum Gasteiger partial charge on any atom is -0.378 e. The lowest BCUT2D eigenvalue weighted by atomic mass is 10.3. The van der Waals surface area contributed by atoms with Crippen molar-refractivity contribution in [3.05, 3.63) is 0 Å². The van der Waals surface area contributed by atoms with Gasteiger partial charge in [0.2, 0.25) is 0 Å². The summed E-state index contributed by atoms with van der Waals surface area (Å²) in [5.41, 5.74) is -0.692. The molecule has 0 aromatic heterocycles. The van der Waals surface area contributed by atoms with Crippen LogP contribution in [-0.2, 0) is 0 Å². The van der Waals surface area contributed by atoms with E-state index in [1.807, 2.05) is 13.8 Å². The number of aliphatic hydroxyl groups excluding tert-OH is 1. The van der Waals surface area contributed by atoms with Gasteiger partial charge in [-0.05, 0) is 26.7 Å². The molecule has 0 aliphatic heterocycles. The molecule has 0 amide bonds. The summed E-state index contributed by atoms with van der Waals surface area (Å²) in [4.78, 5) is 0. The molecule has 0 aliphatic carbocycles. The van der Waals surface area contributed by atoms with Crippen LogP contribution in [0.3, 0.4) is 0 Å². The third kappa shape index (κ3) is 8.21. The highest BCUT2D eigenvalue weighted by atomic mass is 35.5. The van der Waals surface area contributed by atoms with Gasteiger partial charge in [0.1, 0.15) is 5.56 Å². The Bertz CT molecular complexity index is 66.0. The van der Waals surface area contributed by atoms with E-state index in [2.05, 4.69) is 5.32 Å². The van der Waals surface area contributed by atoms with Gasteiger partial charge in [-0.1, -0.05) is 11.6 Å². The molecule has 0 saturated carbocycles. The van der Waals surface area contributed by atoms with E-state index in [4.69, 9.17) is 16.7 Å². The molecule has 0 heterocycles. The summed E-state index contributed by atoms with van der Waals surface area (Å²) < 4.78 is 0. The molecule has 0 spiro atoms. The predicted molar refractivity (Wildman–Crippen MR) is 43.2 cm³/mol.